The van der Waals surface area contributed by atoms with Gasteiger partial charge in [-0.1, -0.05) is 55.0 Å². The van der Waals surface area contributed by atoms with Crippen LogP contribution >= 0.6 is 0 Å². The zero-order valence-corrected chi connectivity index (χ0v) is 12.8. The molecule has 0 amide bonds. The fourth-order valence-electron chi connectivity index (χ4n) is 3.33. The Hall–Kier alpha value is -1.82. The van der Waals surface area contributed by atoms with Gasteiger partial charge in [-0.05, 0) is 60.6 Å². The van der Waals surface area contributed by atoms with E-state index in [0.29, 0.717) is 5.92 Å². The summed E-state index contributed by atoms with van der Waals surface area (Å²) < 4.78 is 0. The van der Waals surface area contributed by atoms with Gasteiger partial charge in [-0.25, -0.2) is 0 Å². The highest BCUT2D eigenvalue weighted by Gasteiger charge is 2.23. The summed E-state index contributed by atoms with van der Waals surface area (Å²) in [6.07, 6.45) is 1.13. The summed E-state index contributed by atoms with van der Waals surface area (Å²) in [5, 5.41) is 0. The Balaban J connectivity index is 2.15. The van der Waals surface area contributed by atoms with E-state index in [1.54, 1.807) is 5.56 Å². The van der Waals surface area contributed by atoms with E-state index >= 15 is 0 Å². The van der Waals surface area contributed by atoms with Crippen LogP contribution in [0.25, 0.3) is 5.57 Å². The average Bonchev–Trinajstić information content (AvgIpc) is 2.77. The molecule has 0 heteroatoms. The molecule has 0 aliphatic heterocycles. The van der Waals surface area contributed by atoms with Gasteiger partial charge in [0.15, 0.2) is 0 Å². The number of allylic oxidation sites excluding steroid dienone is 2. The van der Waals surface area contributed by atoms with E-state index in [0.717, 1.165) is 6.42 Å². The van der Waals surface area contributed by atoms with E-state index in [1.807, 2.05) is 0 Å². The first-order valence-electron chi connectivity index (χ1n) is 7.43. The van der Waals surface area contributed by atoms with Gasteiger partial charge in [-0.3, -0.25) is 0 Å². The van der Waals surface area contributed by atoms with Crippen molar-refractivity contribution in [1.82, 2.24) is 0 Å². The molecule has 0 saturated heterocycles. The van der Waals surface area contributed by atoms with Gasteiger partial charge in [0.05, 0.1) is 0 Å². The van der Waals surface area contributed by atoms with Crippen molar-refractivity contribution in [3.8, 4) is 0 Å². The van der Waals surface area contributed by atoms with Crippen LogP contribution in [0.5, 0.6) is 0 Å². The minimum absolute atomic E-state index is 0.450. The van der Waals surface area contributed by atoms with Crippen LogP contribution in [0.3, 0.4) is 0 Å². The summed E-state index contributed by atoms with van der Waals surface area (Å²) in [4.78, 5) is 0. The van der Waals surface area contributed by atoms with Gasteiger partial charge in [-0.15, -0.1) is 0 Å². The third-order valence-electron chi connectivity index (χ3n) is 4.80. The fraction of sp³-hybridized carbons (Fsp3) is 0.300. The number of fused-ring (bicyclic) bond motifs is 1. The van der Waals surface area contributed by atoms with E-state index < -0.39 is 0 Å². The van der Waals surface area contributed by atoms with Crippen LogP contribution in [0.2, 0.25) is 0 Å². The lowest BCUT2D eigenvalue weighted by Crippen LogP contribution is -2.02. The van der Waals surface area contributed by atoms with E-state index in [2.05, 4.69) is 70.2 Å². The Morgan fingerprint density at radius 2 is 1.60 bits per heavy atom. The molecule has 20 heavy (non-hydrogen) atoms. The first-order valence-corrected chi connectivity index (χ1v) is 7.43. The van der Waals surface area contributed by atoms with Crippen LogP contribution in [-0.2, 0) is 6.42 Å². The van der Waals surface area contributed by atoms with Crippen LogP contribution in [0.1, 0.15) is 54.5 Å². The SMILES string of the molecule is CC1=C(C)c2c(C(C)c3ccccc3)ccc(C)c2C1. The second kappa shape index (κ2) is 4.94. The first kappa shape index (κ1) is 13.2. The van der Waals surface area contributed by atoms with Crippen LogP contribution in [0.4, 0.5) is 0 Å². The van der Waals surface area contributed by atoms with E-state index in [4.69, 9.17) is 0 Å². The lowest BCUT2D eigenvalue weighted by Gasteiger charge is -2.19. The summed E-state index contributed by atoms with van der Waals surface area (Å²) in [5.74, 6) is 0.450. The van der Waals surface area contributed by atoms with Crippen LogP contribution in [-0.4, -0.2) is 0 Å². The number of aryl methyl sites for hydroxylation is 1. The summed E-state index contributed by atoms with van der Waals surface area (Å²) in [7, 11) is 0. The van der Waals surface area contributed by atoms with Crippen molar-refractivity contribution in [2.45, 2.75) is 40.0 Å². The van der Waals surface area contributed by atoms with Crippen molar-refractivity contribution in [1.29, 1.82) is 0 Å². The van der Waals surface area contributed by atoms with Gasteiger partial charge in [0.2, 0.25) is 0 Å². The smallest absolute Gasteiger partial charge is 0.00671 e. The summed E-state index contributed by atoms with van der Waals surface area (Å²) in [5.41, 5.74) is 10.4. The normalized spacial score (nSPS) is 15.4. The number of hydrogen-bond acceptors (Lipinski definition) is 0. The molecule has 1 atom stereocenters. The predicted octanol–water partition coefficient (Wildman–Crippen LogP) is 5.50. The van der Waals surface area contributed by atoms with Crippen molar-refractivity contribution in [3.63, 3.8) is 0 Å². The molecule has 102 valence electrons. The van der Waals surface area contributed by atoms with Gasteiger partial charge < -0.3 is 0 Å². The molecule has 0 spiro atoms. The summed E-state index contributed by atoms with van der Waals surface area (Å²) >= 11 is 0. The highest BCUT2D eigenvalue weighted by atomic mass is 14.3. The topological polar surface area (TPSA) is 0 Å². The van der Waals surface area contributed by atoms with Gasteiger partial charge in [0, 0.05) is 5.92 Å². The van der Waals surface area contributed by atoms with Gasteiger partial charge in [0.25, 0.3) is 0 Å². The van der Waals surface area contributed by atoms with Crippen LogP contribution in [0.15, 0.2) is 48.0 Å². The monoisotopic (exact) mass is 262 g/mol. The maximum absolute atomic E-state index is 2.33. The molecular formula is C20H22. The first-order chi connectivity index (χ1) is 9.59. The van der Waals surface area contributed by atoms with Gasteiger partial charge in [-0.2, -0.15) is 0 Å². The van der Waals surface area contributed by atoms with Gasteiger partial charge >= 0.3 is 0 Å². The Morgan fingerprint density at radius 3 is 2.30 bits per heavy atom. The van der Waals surface area contributed by atoms with Crippen molar-refractivity contribution in [2.75, 3.05) is 0 Å². The third-order valence-corrected chi connectivity index (χ3v) is 4.80. The molecule has 0 heterocycles. The molecule has 1 unspecified atom stereocenters. The standard InChI is InChI=1S/C20H22/c1-13-10-11-18(16(4)17-8-6-5-7-9-17)20-15(3)14(2)12-19(13)20/h5-11,16H,12H2,1-4H3. The molecule has 0 saturated carbocycles. The van der Waals surface area contributed by atoms with Crippen molar-refractivity contribution in [3.05, 3.63) is 75.9 Å². The molecule has 2 aromatic carbocycles. The maximum Gasteiger partial charge on any atom is 0.00671 e. The molecule has 0 radical (unpaired) electrons. The molecule has 0 bridgehead atoms. The molecular weight excluding hydrogens is 240 g/mol. The lowest BCUT2D eigenvalue weighted by atomic mass is 9.85. The minimum Gasteiger partial charge on any atom is -0.0654 e. The maximum atomic E-state index is 2.33. The Bertz CT molecular complexity index is 675. The van der Waals surface area contributed by atoms with Gasteiger partial charge in [0.1, 0.15) is 0 Å². The second-order valence-corrected chi connectivity index (χ2v) is 6.04. The molecule has 0 N–H and O–H groups in total. The van der Waals surface area contributed by atoms with Crippen LogP contribution in [0, 0.1) is 6.92 Å². The van der Waals surface area contributed by atoms with E-state index in [9.17, 15) is 0 Å². The predicted molar refractivity (Wildman–Crippen MR) is 87.1 cm³/mol. The van der Waals surface area contributed by atoms with Crippen molar-refractivity contribution >= 4 is 5.57 Å². The van der Waals surface area contributed by atoms with E-state index in [1.165, 1.54) is 33.4 Å². The Kier molecular flexibility index (Phi) is 3.25. The van der Waals surface area contributed by atoms with E-state index in [-0.39, 0.29) is 0 Å². The number of rotatable bonds is 2. The lowest BCUT2D eigenvalue weighted by molar-refractivity contribution is 0.913. The minimum atomic E-state index is 0.450. The highest BCUT2D eigenvalue weighted by molar-refractivity contribution is 5.78. The average molecular weight is 262 g/mol. The molecule has 0 nitrogen and oxygen atoms in total. The largest absolute Gasteiger partial charge is 0.0654 e. The third kappa shape index (κ3) is 2.00. The quantitative estimate of drug-likeness (QED) is 0.670. The Morgan fingerprint density at radius 1 is 0.900 bits per heavy atom. The summed E-state index contributed by atoms with van der Waals surface area (Å²) in [6.45, 7) is 9.11. The van der Waals surface area contributed by atoms with Crippen molar-refractivity contribution < 1.29 is 0 Å². The zero-order valence-electron chi connectivity index (χ0n) is 12.8. The molecule has 0 fully saturated rings. The molecule has 3 rings (SSSR count). The summed E-state index contributed by atoms with van der Waals surface area (Å²) in [6, 6.07) is 15.4. The molecule has 1 aliphatic carbocycles. The van der Waals surface area contributed by atoms with Crippen LogP contribution < -0.4 is 0 Å². The fourth-order valence-corrected chi connectivity index (χ4v) is 3.33. The number of benzene rings is 2. The van der Waals surface area contributed by atoms with Crippen molar-refractivity contribution in [2.24, 2.45) is 0 Å². The molecule has 2 aromatic rings. The second-order valence-electron chi connectivity index (χ2n) is 6.04. The number of hydrogen-bond donors (Lipinski definition) is 0. The molecule has 1 aliphatic rings. The Labute approximate surface area is 122 Å². The molecule has 0 aromatic heterocycles. The zero-order chi connectivity index (χ0) is 14.3. The highest BCUT2D eigenvalue weighted by Crippen LogP contribution is 2.40.